The molecule has 0 bridgehead atoms. The van der Waals surface area contributed by atoms with Gasteiger partial charge in [-0.25, -0.2) is 0 Å². The van der Waals surface area contributed by atoms with E-state index in [4.69, 9.17) is 21.9 Å². The first kappa shape index (κ1) is 10.1. The molecule has 2 N–H and O–H groups in total. The second-order valence-electron chi connectivity index (χ2n) is 3.08. The SMILES string of the molecule is C[C@@H](N)c1nc(-c2ncccc2Cl)no1. The van der Waals surface area contributed by atoms with E-state index in [0.717, 1.165) is 0 Å². The lowest BCUT2D eigenvalue weighted by Gasteiger charge is -1.95. The summed E-state index contributed by atoms with van der Waals surface area (Å²) in [6, 6.07) is 3.15. The first-order valence-corrected chi connectivity index (χ1v) is 4.76. The molecule has 0 radical (unpaired) electrons. The van der Waals surface area contributed by atoms with Crippen LogP contribution in [0.15, 0.2) is 22.9 Å². The third-order valence-corrected chi connectivity index (χ3v) is 2.11. The number of rotatable bonds is 2. The number of nitrogens with zero attached hydrogens (tertiary/aromatic N) is 3. The number of halogens is 1. The van der Waals surface area contributed by atoms with Gasteiger partial charge in [-0.3, -0.25) is 4.98 Å². The average Bonchev–Trinajstić information content (AvgIpc) is 2.67. The zero-order valence-corrected chi connectivity index (χ0v) is 8.77. The quantitative estimate of drug-likeness (QED) is 0.842. The van der Waals surface area contributed by atoms with Crippen LogP contribution < -0.4 is 5.73 Å². The zero-order chi connectivity index (χ0) is 10.8. The maximum atomic E-state index is 5.93. The number of aromatic nitrogens is 3. The van der Waals surface area contributed by atoms with Crippen LogP contribution in [0.1, 0.15) is 18.9 Å². The molecule has 0 aliphatic carbocycles. The maximum Gasteiger partial charge on any atom is 0.243 e. The Morgan fingerprint density at radius 1 is 1.53 bits per heavy atom. The summed E-state index contributed by atoms with van der Waals surface area (Å²) in [5.74, 6) is 0.722. The van der Waals surface area contributed by atoms with Crippen LogP contribution in [0.3, 0.4) is 0 Å². The lowest BCUT2D eigenvalue weighted by atomic mass is 10.3. The van der Waals surface area contributed by atoms with Crippen molar-refractivity contribution in [3.63, 3.8) is 0 Å². The van der Waals surface area contributed by atoms with Crippen LogP contribution in [0.2, 0.25) is 5.02 Å². The van der Waals surface area contributed by atoms with Gasteiger partial charge in [-0.05, 0) is 19.1 Å². The fraction of sp³-hybridized carbons (Fsp3) is 0.222. The normalized spacial score (nSPS) is 12.7. The van der Waals surface area contributed by atoms with E-state index < -0.39 is 0 Å². The smallest absolute Gasteiger partial charge is 0.243 e. The molecule has 5 nitrogen and oxygen atoms in total. The number of hydrogen-bond acceptors (Lipinski definition) is 5. The molecule has 2 heterocycles. The first-order chi connectivity index (χ1) is 7.18. The van der Waals surface area contributed by atoms with Crippen LogP contribution in [0.4, 0.5) is 0 Å². The Labute approximate surface area is 91.3 Å². The van der Waals surface area contributed by atoms with Gasteiger partial charge in [0.1, 0.15) is 5.69 Å². The van der Waals surface area contributed by atoms with Crippen LogP contribution in [0.5, 0.6) is 0 Å². The molecule has 15 heavy (non-hydrogen) atoms. The molecular formula is C9H9ClN4O. The minimum atomic E-state index is -0.297. The minimum absolute atomic E-state index is 0.297. The molecule has 0 amide bonds. The summed E-state index contributed by atoms with van der Waals surface area (Å²) in [7, 11) is 0. The van der Waals surface area contributed by atoms with Crippen molar-refractivity contribution >= 4 is 11.6 Å². The monoisotopic (exact) mass is 224 g/mol. The standard InChI is InChI=1S/C9H9ClN4O/c1-5(11)9-13-8(14-15-9)7-6(10)3-2-4-12-7/h2-5H,11H2,1H3/t5-/m1/s1. The predicted molar refractivity (Wildman–Crippen MR) is 55.1 cm³/mol. The van der Waals surface area contributed by atoms with Gasteiger partial charge in [0.2, 0.25) is 11.7 Å². The molecule has 0 aromatic carbocycles. The van der Waals surface area contributed by atoms with Gasteiger partial charge < -0.3 is 10.3 Å². The van der Waals surface area contributed by atoms with Crippen molar-refractivity contribution in [1.29, 1.82) is 0 Å². The highest BCUT2D eigenvalue weighted by molar-refractivity contribution is 6.32. The van der Waals surface area contributed by atoms with Gasteiger partial charge in [-0.15, -0.1) is 0 Å². The Balaban J connectivity index is 2.42. The second kappa shape index (κ2) is 3.96. The van der Waals surface area contributed by atoms with Gasteiger partial charge >= 0.3 is 0 Å². The van der Waals surface area contributed by atoms with E-state index in [0.29, 0.717) is 22.4 Å². The van der Waals surface area contributed by atoms with Crippen LogP contribution in [0.25, 0.3) is 11.5 Å². The van der Waals surface area contributed by atoms with E-state index >= 15 is 0 Å². The van der Waals surface area contributed by atoms with E-state index in [2.05, 4.69) is 15.1 Å². The third kappa shape index (κ3) is 1.98. The molecule has 2 aromatic rings. The highest BCUT2D eigenvalue weighted by Gasteiger charge is 2.14. The Kier molecular flexibility index (Phi) is 2.66. The second-order valence-corrected chi connectivity index (χ2v) is 3.49. The van der Waals surface area contributed by atoms with E-state index in [9.17, 15) is 0 Å². The molecule has 0 saturated heterocycles. The molecular weight excluding hydrogens is 216 g/mol. The molecule has 6 heteroatoms. The summed E-state index contributed by atoms with van der Waals surface area (Å²) in [6.07, 6.45) is 1.61. The lowest BCUT2D eigenvalue weighted by molar-refractivity contribution is 0.362. The average molecular weight is 225 g/mol. The molecule has 1 atom stereocenters. The Morgan fingerprint density at radius 3 is 2.93 bits per heavy atom. The van der Waals surface area contributed by atoms with Gasteiger partial charge in [0.25, 0.3) is 0 Å². The van der Waals surface area contributed by atoms with Gasteiger partial charge in [0, 0.05) is 6.20 Å². The lowest BCUT2D eigenvalue weighted by Crippen LogP contribution is -2.04. The van der Waals surface area contributed by atoms with Crippen molar-refractivity contribution in [2.75, 3.05) is 0 Å². The number of hydrogen-bond donors (Lipinski definition) is 1. The Morgan fingerprint density at radius 2 is 2.33 bits per heavy atom. The van der Waals surface area contributed by atoms with Gasteiger partial charge in [0.05, 0.1) is 11.1 Å². The number of nitrogens with two attached hydrogens (primary N) is 1. The summed E-state index contributed by atoms with van der Waals surface area (Å²) in [5, 5.41) is 4.24. The maximum absolute atomic E-state index is 5.93. The number of pyridine rings is 1. The highest BCUT2D eigenvalue weighted by Crippen LogP contribution is 2.23. The zero-order valence-electron chi connectivity index (χ0n) is 8.01. The van der Waals surface area contributed by atoms with Crippen molar-refractivity contribution in [2.24, 2.45) is 5.73 Å². The molecule has 0 aliphatic rings. The molecule has 0 fully saturated rings. The van der Waals surface area contributed by atoms with Gasteiger partial charge in [-0.2, -0.15) is 4.98 Å². The first-order valence-electron chi connectivity index (χ1n) is 4.38. The fourth-order valence-corrected chi connectivity index (χ4v) is 1.27. The van der Waals surface area contributed by atoms with E-state index in [-0.39, 0.29) is 6.04 Å². The van der Waals surface area contributed by atoms with E-state index in [1.807, 2.05) is 0 Å². The Hall–Kier alpha value is -1.46. The Bertz CT molecular complexity index is 469. The van der Waals surface area contributed by atoms with E-state index in [1.54, 1.807) is 25.3 Å². The van der Waals surface area contributed by atoms with Gasteiger partial charge in [0.15, 0.2) is 0 Å². The summed E-state index contributed by atoms with van der Waals surface area (Å²) in [5.41, 5.74) is 6.09. The summed E-state index contributed by atoms with van der Waals surface area (Å²) >= 11 is 5.93. The molecule has 0 aliphatic heterocycles. The van der Waals surface area contributed by atoms with Crippen LogP contribution >= 0.6 is 11.6 Å². The summed E-state index contributed by atoms with van der Waals surface area (Å²) in [4.78, 5) is 8.15. The van der Waals surface area contributed by atoms with Crippen LogP contribution in [0, 0.1) is 0 Å². The van der Waals surface area contributed by atoms with E-state index in [1.165, 1.54) is 0 Å². The van der Waals surface area contributed by atoms with Crippen LogP contribution in [-0.4, -0.2) is 15.1 Å². The molecule has 78 valence electrons. The van der Waals surface area contributed by atoms with Crippen LogP contribution in [-0.2, 0) is 0 Å². The molecule has 0 saturated carbocycles. The minimum Gasteiger partial charge on any atom is -0.337 e. The highest BCUT2D eigenvalue weighted by atomic mass is 35.5. The van der Waals surface area contributed by atoms with Crippen molar-refractivity contribution in [3.8, 4) is 11.5 Å². The molecule has 0 spiro atoms. The van der Waals surface area contributed by atoms with Crippen molar-refractivity contribution in [3.05, 3.63) is 29.2 Å². The largest absolute Gasteiger partial charge is 0.337 e. The van der Waals surface area contributed by atoms with Crippen molar-refractivity contribution in [1.82, 2.24) is 15.1 Å². The van der Waals surface area contributed by atoms with Crippen molar-refractivity contribution in [2.45, 2.75) is 13.0 Å². The topological polar surface area (TPSA) is 77.8 Å². The fourth-order valence-electron chi connectivity index (χ4n) is 1.07. The van der Waals surface area contributed by atoms with Gasteiger partial charge in [-0.1, -0.05) is 16.8 Å². The van der Waals surface area contributed by atoms with Crippen molar-refractivity contribution < 1.29 is 4.52 Å². The molecule has 2 aromatic heterocycles. The molecule has 0 unspecified atom stereocenters. The molecule has 2 rings (SSSR count). The summed E-state index contributed by atoms with van der Waals surface area (Å²) < 4.78 is 4.95. The summed E-state index contributed by atoms with van der Waals surface area (Å²) in [6.45, 7) is 1.76. The predicted octanol–water partition coefficient (Wildman–Crippen LogP) is 1.80. The third-order valence-electron chi connectivity index (χ3n) is 1.80.